The molecule has 0 aliphatic carbocycles. The summed E-state index contributed by atoms with van der Waals surface area (Å²) in [5, 5.41) is 3.11. The number of halogens is 3. The molecule has 0 aliphatic heterocycles. The zero-order valence-electron chi connectivity index (χ0n) is 13.4. The molecule has 0 radical (unpaired) electrons. The van der Waals surface area contributed by atoms with Crippen LogP contribution in [0.15, 0.2) is 46.9 Å². The van der Waals surface area contributed by atoms with E-state index in [9.17, 15) is 14.4 Å². The van der Waals surface area contributed by atoms with E-state index in [0.29, 0.717) is 16.3 Å². The lowest BCUT2D eigenvalue weighted by molar-refractivity contribution is -0.143. The minimum atomic E-state index is -0.636. The van der Waals surface area contributed by atoms with Gasteiger partial charge in [-0.3, -0.25) is 14.4 Å². The summed E-state index contributed by atoms with van der Waals surface area (Å²) in [5.41, 5.74) is 0.803. The van der Waals surface area contributed by atoms with E-state index >= 15 is 0 Å². The Hall–Kier alpha value is -1.89. The van der Waals surface area contributed by atoms with Gasteiger partial charge >= 0.3 is 5.97 Å². The fourth-order valence-corrected chi connectivity index (χ4v) is 2.58. The van der Waals surface area contributed by atoms with Crippen molar-refractivity contribution in [2.24, 2.45) is 0 Å². The Balaban J connectivity index is 1.76. The molecule has 2 aromatic rings. The highest BCUT2D eigenvalue weighted by molar-refractivity contribution is 9.10. The fourth-order valence-electron chi connectivity index (χ4n) is 1.97. The molecule has 0 bridgehead atoms. The zero-order chi connectivity index (χ0) is 19.1. The van der Waals surface area contributed by atoms with Crippen LogP contribution in [-0.4, -0.2) is 24.3 Å². The summed E-state index contributed by atoms with van der Waals surface area (Å²) in [6.45, 7) is -0.373. The highest BCUT2D eigenvalue weighted by Gasteiger charge is 2.13. The predicted molar refractivity (Wildman–Crippen MR) is 104 cm³/mol. The summed E-state index contributed by atoms with van der Waals surface area (Å²) in [6.07, 6.45) is -0.258. The van der Waals surface area contributed by atoms with E-state index in [1.165, 1.54) is 0 Å². The third-order valence-corrected chi connectivity index (χ3v) is 4.66. The summed E-state index contributed by atoms with van der Waals surface area (Å²) in [6, 6.07) is 11.5. The van der Waals surface area contributed by atoms with E-state index in [1.54, 1.807) is 42.5 Å². The topological polar surface area (TPSA) is 72.5 Å². The van der Waals surface area contributed by atoms with Crippen LogP contribution < -0.4 is 5.32 Å². The molecule has 26 heavy (non-hydrogen) atoms. The Morgan fingerprint density at radius 1 is 1.00 bits per heavy atom. The number of nitrogens with one attached hydrogen (secondary N) is 1. The minimum Gasteiger partial charge on any atom is -0.457 e. The molecule has 0 heterocycles. The van der Waals surface area contributed by atoms with Gasteiger partial charge < -0.3 is 10.1 Å². The molecule has 0 aliphatic rings. The van der Waals surface area contributed by atoms with Crippen molar-refractivity contribution in [2.45, 2.75) is 12.8 Å². The number of ether oxygens (including phenoxy) is 1. The minimum absolute atomic E-state index is 0.103. The van der Waals surface area contributed by atoms with Gasteiger partial charge in [-0.1, -0.05) is 57.3 Å². The van der Waals surface area contributed by atoms with Crippen molar-refractivity contribution >= 4 is 62.5 Å². The van der Waals surface area contributed by atoms with Gasteiger partial charge in [-0.2, -0.15) is 0 Å². The lowest BCUT2D eigenvalue weighted by Crippen LogP contribution is -2.17. The number of Topliss-reactive ketones (excluding diaryl/α,β-unsaturated/α-hetero) is 1. The molecule has 0 aromatic heterocycles. The maximum Gasteiger partial charge on any atom is 0.306 e. The molecular weight excluding hydrogens is 445 g/mol. The van der Waals surface area contributed by atoms with E-state index in [4.69, 9.17) is 27.9 Å². The van der Waals surface area contributed by atoms with Crippen LogP contribution in [0.2, 0.25) is 10.0 Å². The molecule has 5 nitrogen and oxygen atoms in total. The van der Waals surface area contributed by atoms with Gasteiger partial charge in [-0.25, -0.2) is 0 Å². The van der Waals surface area contributed by atoms with Gasteiger partial charge in [-0.15, -0.1) is 0 Å². The van der Waals surface area contributed by atoms with Crippen LogP contribution in [0.25, 0.3) is 0 Å². The molecule has 1 N–H and O–H groups in total. The van der Waals surface area contributed by atoms with Gasteiger partial charge in [0, 0.05) is 16.5 Å². The fraction of sp³-hybridized carbons (Fsp3) is 0.167. The van der Waals surface area contributed by atoms with Gasteiger partial charge in [0.15, 0.2) is 12.4 Å². The quantitative estimate of drug-likeness (QED) is 0.473. The highest BCUT2D eigenvalue weighted by atomic mass is 79.9. The highest BCUT2D eigenvalue weighted by Crippen LogP contribution is 2.29. The normalized spacial score (nSPS) is 10.3. The Labute approximate surface area is 168 Å². The molecule has 136 valence electrons. The van der Waals surface area contributed by atoms with Crippen LogP contribution in [0.4, 0.5) is 5.69 Å². The lowest BCUT2D eigenvalue weighted by atomic mass is 10.1. The van der Waals surface area contributed by atoms with Crippen molar-refractivity contribution in [1.29, 1.82) is 0 Å². The molecular formula is C18H14BrCl2NO4. The number of esters is 1. The first kappa shape index (κ1) is 20.4. The van der Waals surface area contributed by atoms with E-state index in [0.717, 1.165) is 4.47 Å². The first-order chi connectivity index (χ1) is 12.4. The molecule has 8 heteroatoms. The van der Waals surface area contributed by atoms with Crippen LogP contribution >= 0.6 is 39.1 Å². The Morgan fingerprint density at radius 3 is 2.38 bits per heavy atom. The SMILES string of the molecule is O=C(CCC(=O)OCC(=O)c1ccc(Br)cc1)Nc1cccc(Cl)c1Cl. The average molecular weight is 459 g/mol. The summed E-state index contributed by atoms with van der Waals surface area (Å²) < 4.78 is 5.75. The molecule has 2 aromatic carbocycles. The van der Waals surface area contributed by atoms with Gasteiger partial charge in [0.25, 0.3) is 0 Å². The van der Waals surface area contributed by atoms with Gasteiger partial charge in [-0.05, 0) is 24.3 Å². The van der Waals surface area contributed by atoms with Crippen LogP contribution in [0.5, 0.6) is 0 Å². The van der Waals surface area contributed by atoms with E-state index in [1.807, 2.05) is 0 Å². The number of anilines is 1. The van der Waals surface area contributed by atoms with Crippen molar-refractivity contribution in [1.82, 2.24) is 0 Å². The molecule has 0 fully saturated rings. The van der Waals surface area contributed by atoms with Crippen molar-refractivity contribution < 1.29 is 19.1 Å². The number of carbonyl (C=O) groups is 3. The molecule has 0 spiro atoms. The van der Waals surface area contributed by atoms with Crippen molar-refractivity contribution in [3.8, 4) is 0 Å². The smallest absolute Gasteiger partial charge is 0.306 e. The number of hydrogen-bond acceptors (Lipinski definition) is 4. The van der Waals surface area contributed by atoms with Crippen LogP contribution in [-0.2, 0) is 14.3 Å². The molecule has 2 rings (SSSR count). The maximum absolute atomic E-state index is 11.9. The summed E-state index contributed by atoms with van der Waals surface area (Å²) >= 11 is 15.1. The monoisotopic (exact) mass is 457 g/mol. The van der Waals surface area contributed by atoms with E-state index in [-0.39, 0.29) is 30.3 Å². The van der Waals surface area contributed by atoms with Crippen LogP contribution in [0.3, 0.4) is 0 Å². The number of rotatable bonds is 7. The van der Waals surface area contributed by atoms with Crippen LogP contribution in [0, 0.1) is 0 Å². The predicted octanol–water partition coefficient (Wildman–Crippen LogP) is 4.90. The third kappa shape index (κ3) is 6.12. The molecule has 1 amide bonds. The van der Waals surface area contributed by atoms with Crippen molar-refractivity contribution in [2.75, 3.05) is 11.9 Å². The van der Waals surface area contributed by atoms with Crippen molar-refractivity contribution in [3.05, 3.63) is 62.5 Å². The molecule has 0 saturated carbocycles. The first-order valence-corrected chi connectivity index (χ1v) is 9.10. The van der Waals surface area contributed by atoms with E-state index in [2.05, 4.69) is 21.2 Å². The number of amides is 1. The van der Waals surface area contributed by atoms with Gasteiger partial charge in [0.1, 0.15) is 0 Å². The lowest BCUT2D eigenvalue weighted by Gasteiger charge is -2.08. The largest absolute Gasteiger partial charge is 0.457 e. The number of hydrogen-bond donors (Lipinski definition) is 1. The second-order valence-corrected chi connectivity index (χ2v) is 6.94. The standard InChI is InChI=1S/C18H14BrCl2NO4/c19-12-6-4-11(5-7-12)15(23)10-26-17(25)9-8-16(24)22-14-3-1-2-13(20)18(14)21/h1-7H,8-10H2,(H,22,24). The Morgan fingerprint density at radius 2 is 1.69 bits per heavy atom. The summed E-state index contributed by atoms with van der Waals surface area (Å²) in [4.78, 5) is 35.5. The van der Waals surface area contributed by atoms with Gasteiger partial charge in [0.2, 0.25) is 5.91 Å². The zero-order valence-corrected chi connectivity index (χ0v) is 16.5. The average Bonchev–Trinajstić information content (AvgIpc) is 2.62. The molecule has 0 unspecified atom stereocenters. The second-order valence-electron chi connectivity index (χ2n) is 5.24. The summed E-state index contributed by atoms with van der Waals surface area (Å²) in [5.74, 6) is -1.37. The Kier molecular flexibility index (Phi) is 7.63. The van der Waals surface area contributed by atoms with Crippen LogP contribution in [0.1, 0.15) is 23.2 Å². The van der Waals surface area contributed by atoms with Gasteiger partial charge in [0.05, 0.1) is 22.2 Å². The second kappa shape index (κ2) is 9.71. The summed E-state index contributed by atoms with van der Waals surface area (Å²) in [7, 11) is 0. The first-order valence-electron chi connectivity index (χ1n) is 7.55. The number of carbonyl (C=O) groups excluding carboxylic acids is 3. The molecule has 0 saturated heterocycles. The number of benzene rings is 2. The number of ketones is 1. The van der Waals surface area contributed by atoms with Crippen molar-refractivity contribution in [3.63, 3.8) is 0 Å². The maximum atomic E-state index is 11.9. The Bertz CT molecular complexity index is 824. The third-order valence-electron chi connectivity index (χ3n) is 3.31. The van der Waals surface area contributed by atoms with E-state index < -0.39 is 11.9 Å². The molecule has 0 atom stereocenters.